The maximum Gasteiger partial charge on any atom is 0.167 e. The molecule has 0 saturated heterocycles. The first-order valence-electron chi connectivity index (χ1n) is 9.38. The van der Waals surface area contributed by atoms with Gasteiger partial charge in [0.05, 0.1) is 22.9 Å². The van der Waals surface area contributed by atoms with Gasteiger partial charge < -0.3 is 9.73 Å². The van der Waals surface area contributed by atoms with Gasteiger partial charge in [-0.15, -0.1) is 0 Å². The van der Waals surface area contributed by atoms with Crippen molar-refractivity contribution in [2.75, 3.05) is 5.32 Å². The molecule has 28 heavy (non-hydrogen) atoms. The maximum absolute atomic E-state index is 13.2. The molecule has 4 aromatic rings. The van der Waals surface area contributed by atoms with Gasteiger partial charge in [0.15, 0.2) is 11.4 Å². The summed E-state index contributed by atoms with van der Waals surface area (Å²) in [6.07, 6.45) is 5.20. The van der Waals surface area contributed by atoms with Crippen LogP contribution in [0.1, 0.15) is 33.3 Å². The van der Waals surface area contributed by atoms with Crippen molar-refractivity contribution in [1.82, 2.24) is 9.97 Å². The first-order valence-corrected chi connectivity index (χ1v) is 9.38. The van der Waals surface area contributed by atoms with Crippen LogP contribution >= 0.6 is 0 Å². The SMILES string of the molecule is CC1(C)Nc2c(cc(-c3ccnc4ncccc34)c3occc23)C(C)(C)C1=O. The van der Waals surface area contributed by atoms with Gasteiger partial charge in [-0.3, -0.25) is 4.79 Å². The fourth-order valence-corrected chi connectivity index (χ4v) is 4.46. The van der Waals surface area contributed by atoms with Crippen LogP contribution in [0.2, 0.25) is 0 Å². The lowest BCUT2D eigenvalue weighted by molar-refractivity contribution is -0.127. The van der Waals surface area contributed by atoms with E-state index in [0.717, 1.165) is 38.7 Å². The quantitative estimate of drug-likeness (QED) is 0.504. The number of benzene rings is 1. The van der Waals surface area contributed by atoms with Crippen LogP contribution in [0.15, 0.2) is 53.4 Å². The third-order valence-corrected chi connectivity index (χ3v) is 5.79. The molecule has 5 heteroatoms. The first kappa shape index (κ1) is 16.9. The Hall–Kier alpha value is -3.21. The molecule has 5 nitrogen and oxygen atoms in total. The predicted octanol–water partition coefficient (Wildman–Crippen LogP) is 5.09. The molecule has 3 aromatic heterocycles. The summed E-state index contributed by atoms with van der Waals surface area (Å²) in [7, 11) is 0. The van der Waals surface area contributed by atoms with E-state index in [9.17, 15) is 4.79 Å². The van der Waals surface area contributed by atoms with E-state index in [0.29, 0.717) is 5.65 Å². The second kappa shape index (κ2) is 5.41. The number of rotatable bonds is 1. The third-order valence-electron chi connectivity index (χ3n) is 5.79. The summed E-state index contributed by atoms with van der Waals surface area (Å²) in [6.45, 7) is 7.86. The number of ketones is 1. The highest BCUT2D eigenvalue weighted by Crippen LogP contribution is 2.47. The van der Waals surface area contributed by atoms with Gasteiger partial charge in [0.25, 0.3) is 0 Å². The van der Waals surface area contributed by atoms with Gasteiger partial charge >= 0.3 is 0 Å². The molecular formula is C23H21N3O2. The van der Waals surface area contributed by atoms with Crippen LogP contribution in [0.4, 0.5) is 5.69 Å². The van der Waals surface area contributed by atoms with Crippen LogP contribution in [0.3, 0.4) is 0 Å². The molecule has 140 valence electrons. The predicted molar refractivity (Wildman–Crippen MR) is 110 cm³/mol. The fraction of sp³-hybridized carbons (Fsp3) is 0.261. The molecule has 0 radical (unpaired) electrons. The van der Waals surface area contributed by atoms with E-state index in [4.69, 9.17) is 4.42 Å². The number of furan rings is 1. The fourth-order valence-electron chi connectivity index (χ4n) is 4.46. The topological polar surface area (TPSA) is 68.0 Å². The van der Waals surface area contributed by atoms with E-state index < -0.39 is 11.0 Å². The maximum atomic E-state index is 13.2. The largest absolute Gasteiger partial charge is 0.464 e. The summed E-state index contributed by atoms with van der Waals surface area (Å²) in [5, 5.41) is 5.39. The van der Waals surface area contributed by atoms with Crippen LogP contribution in [-0.2, 0) is 10.2 Å². The Morgan fingerprint density at radius 3 is 2.57 bits per heavy atom. The lowest BCUT2D eigenvalue weighted by atomic mass is 9.69. The van der Waals surface area contributed by atoms with Crippen LogP contribution in [0.25, 0.3) is 33.1 Å². The van der Waals surface area contributed by atoms with Gasteiger partial charge in [-0.2, -0.15) is 0 Å². The number of hydrogen-bond acceptors (Lipinski definition) is 5. The Balaban J connectivity index is 1.89. The van der Waals surface area contributed by atoms with Crippen molar-refractivity contribution >= 4 is 33.5 Å². The Morgan fingerprint density at radius 2 is 1.75 bits per heavy atom. The van der Waals surface area contributed by atoms with Crippen molar-refractivity contribution in [3.63, 3.8) is 0 Å². The molecule has 5 rings (SSSR count). The smallest absolute Gasteiger partial charge is 0.167 e. The number of pyridine rings is 2. The molecule has 0 spiro atoms. The zero-order valence-electron chi connectivity index (χ0n) is 16.3. The highest BCUT2D eigenvalue weighted by atomic mass is 16.3. The number of nitrogens with zero attached hydrogens (tertiary/aromatic N) is 2. The van der Waals surface area contributed by atoms with E-state index in [-0.39, 0.29) is 5.78 Å². The molecule has 1 aliphatic heterocycles. The summed E-state index contributed by atoms with van der Waals surface area (Å²) < 4.78 is 5.92. The van der Waals surface area contributed by atoms with Crippen molar-refractivity contribution < 1.29 is 9.21 Å². The Morgan fingerprint density at radius 1 is 0.964 bits per heavy atom. The summed E-state index contributed by atoms with van der Waals surface area (Å²) >= 11 is 0. The van der Waals surface area contributed by atoms with Crippen molar-refractivity contribution in [2.24, 2.45) is 0 Å². The van der Waals surface area contributed by atoms with Gasteiger partial charge in [0, 0.05) is 28.7 Å². The van der Waals surface area contributed by atoms with E-state index >= 15 is 0 Å². The molecule has 4 heterocycles. The van der Waals surface area contributed by atoms with Crippen molar-refractivity contribution in [2.45, 2.75) is 38.6 Å². The number of carbonyl (C=O) groups excluding carboxylic acids is 1. The minimum atomic E-state index is -0.643. The molecular weight excluding hydrogens is 350 g/mol. The lowest BCUT2D eigenvalue weighted by Crippen LogP contribution is -2.53. The second-order valence-corrected chi connectivity index (χ2v) is 8.45. The van der Waals surface area contributed by atoms with Gasteiger partial charge in [-0.25, -0.2) is 9.97 Å². The van der Waals surface area contributed by atoms with Gasteiger partial charge in [-0.1, -0.05) is 0 Å². The van der Waals surface area contributed by atoms with Crippen molar-refractivity contribution in [3.05, 3.63) is 54.6 Å². The van der Waals surface area contributed by atoms with Crippen molar-refractivity contribution in [1.29, 1.82) is 0 Å². The first-order chi connectivity index (χ1) is 13.3. The van der Waals surface area contributed by atoms with Crippen LogP contribution in [0, 0.1) is 0 Å². The number of aromatic nitrogens is 2. The molecule has 1 aliphatic rings. The number of fused-ring (bicyclic) bond motifs is 4. The molecule has 0 unspecified atom stereocenters. The Kier molecular flexibility index (Phi) is 3.27. The van der Waals surface area contributed by atoms with Crippen LogP contribution < -0.4 is 5.32 Å². The molecule has 1 aromatic carbocycles. The number of anilines is 1. The van der Waals surface area contributed by atoms with Gasteiger partial charge in [0.1, 0.15) is 5.58 Å². The number of nitrogens with one attached hydrogen (secondary N) is 1. The van der Waals surface area contributed by atoms with E-state index in [1.54, 1.807) is 18.7 Å². The monoisotopic (exact) mass is 371 g/mol. The normalized spacial score (nSPS) is 17.5. The average Bonchev–Trinajstić information content (AvgIpc) is 3.16. The average molecular weight is 371 g/mol. The molecule has 0 fully saturated rings. The zero-order chi connectivity index (χ0) is 19.7. The molecule has 1 N–H and O–H groups in total. The molecule has 0 amide bonds. The number of hydrogen-bond donors (Lipinski definition) is 1. The highest BCUT2D eigenvalue weighted by molar-refractivity contribution is 6.12. The molecule has 0 bridgehead atoms. The lowest BCUT2D eigenvalue weighted by Gasteiger charge is -2.42. The Labute approximate surface area is 162 Å². The van der Waals surface area contributed by atoms with Crippen LogP contribution in [0.5, 0.6) is 0 Å². The zero-order valence-corrected chi connectivity index (χ0v) is 16.3. The minimum Gasteiger partial charge on any atom is -0.464 e. The molecule has 0 saturated carbocycles. The standard InChI is InChI=1S/C23H21N3O2/c1-22(2)17-12-16(13-7-10-25-20-14(13)6-5-9-24-20)19-15(8-11-28-19)18(17)26-23(3,4)21(22)27/h5-12,26H,1-4H3. The van der Waals surface area contributed by atoms with Gasteiger partial charge in [-0.05, 0) is 69.2 Å². The summed E-state index contributed by atoms with van der Waals surface area (Å²) in [5.41, 5.74) is 4.11. The van der Waals surface area contributed by atoms with Gasteiger partial charge in [0.2, 0.25) is 0 Å². The van der Waals surface area contributed by atoms with E-state index in [1.807, 2.05) is 52.0 Å². The van der Waals surface area contributed by atoms with E-state index in [1.165, 1.54) is 0 Å². The molecule has 0 atom stereocenters. The van der Waals surface area contributed by atoms with Crippen molar-refractivity contribution in [3.8, 4) is 11.1 Å². The highest BCUT2D eigenvalue weighted by Gasteiger charge is 2.46. The summed E-state index contributed by atoms with van der Waals surface area (Å²) in [5.74, 6) is 0.169. The molecule has 0 aliphatic carbocycles. The summed E-state index contributed by atoms with van der Waals surface area (Å²) in [4.78, 5) is 21.9. The number of Topliss-reactive ketones (excluding diaryl/α,β-unsaturated/α-hetero) is 1. The summed E-state index contributed by atoms with van der Waals surface area (Å²) in [6, 6.07) is 9.94. The third kappa shape index (κ3) is 2.16. The minimum absolute atomic E-state index is 0.169. The van der Waals surface area contributed by atoms with E-state index in [2.05, 4.69) is 21.4 Å². The number of carbonyl (C=O) groups is 1. The Bertz CT molecular complexity index is 1260. The second-order valence-electron chi connectivity index (χ2n) is 8.45. The van der Waals surface area contributed by atoms with Crippen LogP contribution in [-0.4, -0.2) is 21.3 Å².